The first-order valence-corrected chi connectivity index (χ1v) is 7.90. The van der Waals surface area contributed by atoms with Crippen LogP contribution in [0.1, 0.15) is 5.56 Å². The molecule has 0 amide bonds. The minimum Gasteiger partial charge on any atom is -0.294 e. The van der Waals surface area contributed by atoms with E-state index in [1.165, 1.54) is 23.0 Å². The van der Waals surface area contributed by atoms with E-state index >= 15 is 0 Å². The molecule has 0 radical (unpaired) electrons. The maximum atomic E-state index is 13.2. The van der Waals surface area contributed by atoms with Crippen molar-refractivity contribution in [2.45, 2.75) is 6.54 Å². The van der Waals surface area contributed by atoms with Gasteiger partial charge in [-0.3, -0.25) is 9.36 Å². The summed E-state index contributed by atoms with van der Waals surface area (Å²) in [5.41, 5.74) is 2.06. The summed E-state index contributed by atoms with van der Waals surface area (Å²) in [6.07, 6.45) is 1.49. The molecule has 0 fully saturated rings. The van der Waals surface area contributed by atoms with Gasteiger partial charge in [-0.15, -0.1) is 0 Å². The smallest absolute Gasteiger partial charge is 0.268 e. The molecule has 6 heteroatoms. The van der Waals surface area contributed by atoms with E-state index in [0.717, 1.165) is 5.56 Å². The van der Waals surface area contributed by atoms with Crippen molar-refractivity contribution in [3.8, 4) is 11.3 Å². The largest absolute Gasteiger partial charge is 0.294 e. The Labute approximate surface area is 132 Å². The number of thiophene rings is 1. The van der Waals surface area contributed by atoms with Crippen molar-refractivity contribution >= 4 is 27.3 Å². The van der Waals surface area contributed by atoms with E-state index in [9.17, 15) is 9.18 Å². The molecule has 3 aromatic rings. The van der Waals surface area contributed by atoms with Crippen LogP contribution in [-0.4, -0.2) is 9.55 Å². The summed E-state index contributed by atoms with van der Waals surface area (Å²) in [4.78, 5) is 16.7. The summed E-state index contributed by atoms with van der Waals surface area (Å²) in [6, 6.07) is 8.09. The Hall–Kier alpha value is -1.79. The van der Waals surface area contributed by atoms with Crippen LogP contribution in [0.4, 0.5) is 4.39 Å². The van der Waals surface area contributed by atoms with Gasteiger partial charge in [-0.05, 0) is 45.1 Å². The Kier molecular flexibility index (Phi) is 3.98. The van der Waals surface area contributed by atoms with Crippen molar-refractivity contribution in [2.75, 3.05) is 0 Å². The maximum Gasteiger partial charge on any atom is 0.268 e. The van der Waals surface area contributed by atoms with Crippen molar-refractivity contribution in [1.82, 2.24) is 9.55 Å². The van der Waals surface area contributed by atoms with Crippen LogP contribution in [0.5, 0.6) is 0 Å². The fourth-order valence-electron chi connectivity index (χ4n) is 2.01. The molecule has 0 atom stereocenters. The third kappa shape index (κ3) is 2.96. The predicted octanol–water partition coefficient (Wildman–Crippen LogP) is 3.92. The second-order valence-electron chi connectivity index (χ2n) is 4.48. The zero-order chi connectivity index (χ0) is 14.8. The molecule has 1 aromatic carbocycles. The molecule has 0 bridgehead atoms. The van der Waals surface area contributed by atoms with Crippen molar-refractivity contribution in [2.24, 2.45) is 0 Å². The maximum absolute atomic E-state index is 13.2. The Morgan fingerprint density at radius 3 is 2.90 bits per heavy atom. The summed E-state index contributed by atoms with van der Waals surface area (Å²) < 4.78 is 15.1. The number of aromatic nitrogens is 2. The molecule has 0 spiro atoms. The minimum absolute atomic E-state index is 0.185. The summed E-state index contributed by atoms with van der Waals surface area (Å²) in [5, 5.41) is 3.87. The summed E-state index contributed by atoms with van der Waals surface area (Å²) in [7, 11) is 0. The van der Waals surface area contributed by atoms with E-state index in [2.05, 4.69) is 20.9 Å². The fourth-order valence-corrected chi connectivity index (χ4v) is 3.21. The van der Waals surface area contributed by atoms with Crippen LogP contribution in [0.2, 0.25) is 0 Å². The topological polar surface area (TPSA) is 34.9 Å². The van der Waals surface area contributed by atoms with Crippen molar-refractivity contribution in [3.05, 3.63) is 73.6 Å². The predicted molar refractivity (Wildman–Crippen MR) is 85.0 cm³/mol. The molecule has 0 unspecified atom stereocenters. The third-order valence-electron chi connectivity index (χ3n) is 3.02. The molecule has 3 rings (SSSR count). The summed E-state index contributed by atoms with van der Waals surface area (Å²) in [5.74, 6) is -0.317. The highest BCUT2D eigenvalue weighted by molar-refractivity contribution is 9.10. The van der Waals surface area contributed by atoms with E-state index < -0.39 is 0 Å². The van der Waals surface area contributed by atoms with E-state index in [-0.39, 0.29) is 17.9 Å². The van der Waals surface area contributed by atoms with Gasteiger partial charge in [0.2, 0.25) is 0 Å². The zero-order valence-corrected chi connectivity index (χ0v) is 13.2. The monoisotopic (exact) mass is 364 g/mol. The zero-order valence-electron chi connectivity index (χ0n) is 10.8. The van der Waals surface area contributed by atoms with E-state index in [0.29, 0.717) is 15.7 Å². The van der Waals surface area contributed by atoms with E-state index in [1.807, 2.05) is 16.8 Å². The normalized spacial score (nSPS) is 10.8. The lowest BCUT2D eigenvalue weighted by Crippen LogP contribution is -2.22. The quantitative estimate of drug-likeness (QED) is 0.705. The highest BCUT2D eigenvalue weighted by Crippen LogP contribution is 2.24. The van der Waals surface area contributed by atoms with Crippen molar-refractivity contribution < 1.29 is 4.39 Å². The number of nitrogens with zero attached hydrogens (tertiary/aromatic N) is 2. The SMILES string of the molecule is O=c1c(Br)c(-c2ccsc2)ncn1Cc1cccc(F)c1. The lowest BCUT2D eigenvalue weighted by atomic mass is 10.2. The first kappa shape index (κ1) is 14.2. The summed E-state index contributed by atoms with van der Waals surface area (Å²) in [6.45, 7) is 0.284. The molecular weight excluding hydrogens is 355 g/mol. The highest BCUT2D eigenvalue weighted by atomic mass is 79.9. The van der Waals surface area contributed by atoms with Gasteiger partial charge in [0.1, 0.15) is 10.3 Å². The molecule has 0 aliphatic carbocycles. The second kappa shape index (κ2) is 5.91. The van der Waals surface area contributed by atoms with Crippen LogP contribution in [0.3, 0.4) is 0 Å². The molecule has 0 aliphatic rings. The highest BCUT2D eigenvalue weighted by Gasteiger charge is 2.11. The van der Waals surface area contributed by atoms with Crippen LogP contribution >= 0.6 is 27.3 Å². The Morgan fingerprint density at radius 1 is 1.33 bits per heavy atom. The number of benzene rings is 1. The van der Waals surface area contributed by atoms with Crippen LogP contribution in [0, 0.1) is 5.82 Å². The third-order valence-corrected chi connectivity index (χ3v) is 4.42. The van der Waals surface area contributed by atoms with Gasteiger partial charge in [0.15, 0.2) is 0 Å². The van der Waals surface area contributed by atoms with Crippen LogP contribution in [0.15, 0.2) is 56.7 Å². The summed E-state index contributed by atoms with van der Waals surface area (Å²) >= 11 is 4.86. The Morgan fingerprint density at radius 2 is 2.19 bits per heavy atom. The van der Waals surface area contributed by atoms with Gasteiger partial charge >= 0.3 is 0 Å². The van der Waals surface area contributed by atoms with E-state index in [1.54, 1.807) is 23.5 Å². The number of halogens is 2. The van der Waals surface area contributed by atoms with Gasteiger partial charge in [-0.25, -0.2) is 9.37 Å². The lowest BCUT2D eigenvalue weighted by Gasteiger charge is -2.08. The van der Waals surface area contributed by atoms with Gasteiger partial charge in [-0.2, -0.15) is 11.3 Å². The lowest BCUT2D eigenvalue weighted by molar-refractivity contribution is 0.622. The van der Waals surface area contributed by atoms with Crippen molar-refractivity contribution in [3.63, 3.8) is 0 Å². The molecule has 0 saturated carbocycles. The van der Waals surface area contributed by atoms with Crippen molar-refractivity contribution in [1.29, 1.82) is 0 Å². The molecule has 2 heterocycles. The molecular formula is C15H10BrFN2OS. The average molecular weight is 365 g/mol. The van der Waals surface area contributed by atoms with Crippen LogP contribution < -0.4 is 5.56 Å². The molecule has 106 valence electrons. The van der Waals surface area contributed by atoms with Gasteiger partial charge in [0, 0.05) is 10.9 Å². The molecule has 0 saturated heterocycles. The van der Waals surface area contributed by atoms with Gasteiger partial charge in [-0.1, -0.05) is 12.1 Å². The number of hydrogen-bond donors (Lipinski definition) is 0. The first-order valence-electron chi connectivity index (χ1n) is 6.17. The molecule has 0 N–H and O–H groups in total. The Balaban J connectivity index is 1.98. The number of hydrogen-bond acceptors (Lipinski definition) is 3. The fraction of sp³-hybridized carbons (Fsp3) is 0.0667. The molecule has 0 aliphatic heterocycles. The average Bonchev–Trinajstić information content (AvgIpc) is 2.98. The minimum atomic E-state index is -0.317. The molecule has 21 heavy (non-hydrogen) atoms. The van der Waals surface area contributed by atoms with Gasteiger partial charge in [0.05, 0.1) is 18.6 Å². The molecule has 2 aromatic heterocycles. The Bertz CT molecular complexity index is 830. The van der Waals surface area contributed by atoms with Crippen LogP contribution in [0.25, 0.3) is 11.3 Å². The second-order valence-corrected chi connectivity index (χ2v) is 6.06. The molecule has 3 nitrogen and oxygen atoms in total. The van der Waals surface area contributed by atoms with Gasteiger partial charge in [0.25, 0.3) is 5.56 Å². The standard InChI is InChI=1S/C15H10BrFN2OS/c16-13-14(11-4-5-21-8-11)18-9-19(15(13)20)7-10-2-1-3-12(17)6-10/h1-6,8-9H,7H2. The van der Waals surface area contributed by atoms with Gasteiger partial charge < -0.3 is 0 Å². The number of rotatable bonds is 3. The van der Waals surface area contributed by atoms with Crippen LogP contribution in [-0.2, 0) is 6.54 Å². The first-order chi connectivity index (χ1) is 10.1. The van der Waals surface area contributed by atoms with E-state index in [4.69, 9.17) is 0 Å².